The maximum atomic E-state index is 8.86. The van der Waals surface area contributed by atoms with Crippen LogP contribution in [0, 0.1) is 5.92 Å². The number of rotatable bonds is 4. The molecule has 1 saturated carbocycles. The first-order valence-corrected chi connectivity index (χ1v) is 6.88. The molecule has 0 spiro atoms. The zero-order chi connectivity index (χ0) is 11.4. The lowest BCUT2D eigenvalue weighted by molar-refractivity contribution is 0.103. The average Bonchev–Trinajstić information content (AvgIpc) is 2.79. The Kier molecular flexibility index (Phi) is 4.62. The van der Waals surface area contributed by atoms with Gasteiger partial charge < -0.3 is 10.4 Å². The summed E-state index contributed by atoms with van der Waals surface area (Å²) < 4.78 is 0. The fourth-order valence-corrected chi connectivity index (χ4v) is 3.38. The minimum absolute atomic E-state index is 0.258. The predicted octanol–water partition coefficient (Wildman–Crippen LogP) is 1.22. The second-order valence-electron chi connectivity index (χ2n) is 5.61. The van der Waals surface area contributed by atoms with E-state index in [0.717, 1.165) is 18.5 Å². The van der Waals surface area contributed by atoms with Gasteiger partial charge in [-0.1, -0.05) is 19.8 Å². The number of hydrogen-bond acceptors (Lipinski definition) is 3. The van der Waals surface area contributed by atoms with E-state index >= 15 is 0 Å². The maximum Gasteiger partial charge on any atom is 0.0556 e. The van der Waals surface area contributed by atoms with E-state index in [2.05, 4.69) is 17.1 Å². The van der Waals surface area contributed by atoms with Gasteiger partial charge in [0.15, 0.2) is 0 Å². The van der Waals surface area contributed by atoms with Gasteiger partial charge in [-0.15, -0.1) is 0 Å². The minimum Gasteiger partial charge on any atom is -0.395 e. The van der Waals surface area contributed by atoms with Gasteiger partial charge in [0.05, 0.1) is 6.61 Å². The largest absolute Gasteiger partial charge is 0.395 e. The molecule has 1 heterocycles. The van der Waals surface area contributed by atoms with E-state index in [-0.39, 0.29) is 6.61 Å². The number of aliphatic hydroxyl groups excluding tert-OH is 1. The Morgan fingerprint density at radius 3 is 2.69 bits per heavy atom. The average molecular weight is 226 g/mol. The first-order valence-electron chi connectivity index (χ1n) is 6.88. The summed E-state index contributed by atoms with van der Waals surface area (Å²) in [6.07, 6.45) is 6.91. The first kappa shape index (κ1) is 12.3. The van der Waals surface area contributed by atoms with Crippen molar-refractivity contribution in [3.8, 4) is 0 Å². The summed E-state index contributed by atoms with van der Waals surface area (Å²) in [7, 11) is 0. The number of piperidine rings is 1. The molecular formula is C13H26N2O. The quantitative estimate of drug-likeness (QED) is 0.756. The molecule has 0 aromatic carbocycles. The molecule has 3 heteroatoms. The van der Waals surface area contributed by atoms with E-state index < -0.39 is 0 Å². The summed E-state index contributed by atoms with van der Waals surface area (Å²) in [5.74, 6) is 0.797. The topological polar surface area (TPSA) is 35.5 Å². The third kappa shape index (κ3) is 3.19. The van der Waals surface area contributed by atoms with Gasteiger partial charge in [-0.05, 0) is 25.2 Å². The van der Waals surface area contributed by atoms with Crippen LogP contribution in [0.4, 0.5) is 0 Å². The van der Waals surface area contributed by atoms with Crippen LogP contribution in [0.2, 0.25) is 0 Å². The lowest BCUT2D eigenvalue weighted by Gasteiger charge is -2.40. The summed E-state index contributed by atoms with van der Waals surface area (Å²) in [6.45, 7) is 5.83. The molecule has 1 aliphatic carbocycles. The Labute approximate surface area is 99.2 Å². The first-order chi connectivity index (χ1) is 7.79. The number of nitrogens with zero attached hydrogens (tertiary/aromatic N) is 1. The number of hydrogen-bond donors (Lipinski definition) is 2. The summed E-state index contributed by atoms with van der Waals surface area (Å²) in [5.41, 5.74) is 0. The summed E-state index contributed by atoms with van der Waals surface area (Å²) in [5, 5.41) is 12.3. The Balaban J connectivity index is 1.83. The van der Waals surface area contributed by atoms with Gasteiger partial charge in [-0.3, -0.25) is 4.90 Å². The monoisotopic (exact) mass is 226 g/mol. The number of nitrogens with one attached hydrogen (secondary N) is 1. The van der Waals surface area contributed by atoms with Gasteiger partial charge in [-0.25, -0.2) is 0 Å². The van der Waals surface area contributed by atoms with Gasteiger partial charge in [0.25, 0.3) is 0 Å². The molecule has 2 N–H and O–H groups in total. The molecule has 2 atom stereocenters. The molecule has 2 unspecified atom stereocenters. The van der Waals surface area contributed by atoms with E-state index in [1.165, 1.54) is 45.2 Å². The molecule has 1 aliphatic heterocycles. The van der Waals surface area contributed by atoms with Gasteiger partial charge in [-0.2, -0.15) is 0 Å². The van der Waals surface area contributed by atoms with Crippen molar-refractivity contribution in [2.45, 2.75) is 51.1 Å². The normalized spacial score (nSPS) is 33.4. The van der Waals surface area contributed by atoms with Crippen LogP contribution in [0.3, 0.4) is 0 Å². The fourth-order valence-electron chi connectivity index (χ4n) is 3.38. The Morgan fingerprint density at radius 2 is 2.00 bits per heavy atom. The highest BCUT2D eigenvalue weighted by atomic mass is 16.3. The lowest BCUT2D eigenvalue weighted by atomic mass is 9.94. The van der Waals surface area contributed by atoms with Crippen LogP contribution < -0.4 is 5.32 Å². The van der Waals surface area contributed by atoms with E-state index in [4.69, 9.17) is 5.11 Å². The maximum absolute atomic E-state index is 8.86. The highest BCUT2D eigenvalue weighted by molar-refractivity contribution is 4.87. The van der Waals surface area contributed by atoms with Crippen molar-refractivity contribution in [2.75, 3.05) is 26.2 Å². The van der Waals surface area contributed by atoms with E-state index in [0.29, 0.717) is 6.04 Å². The molecule has 0 radical (unpaired) electrons. The van der Waals surface area contributed by atoms with E-state index in [1.807, 2.05) is 0 Å². The fraction of sp³-hybridized carbons (Fsp3) is 1.00. The molecule has 2 aliphatic rings. The van der Waals surface area contributed by atoms with Crippen molar-refractivity contribution in [2.24, 2.45) is 5.92 Å². The third-order valence-electron chi connectivity index (χ3n) is 4.07. The summed E-state index contributed by atoms with van der Waals surface area (Å²) >= 11 is 0. The van der Waals surface area contributed by atoms with Crippen molar-refractivity contribution >= 4 is 0 Å². The Hall–Kier alpha value is -0.120. The number of aliphatic hydroxyl groups is 1. The molecule has 16 heavy (non-hydrogen) atoms. The van der Waals surface area contributed by atoms with Gasteiger partial charge in [0, 0.05) is 31.7 Å². The third-order valence-corrected chi connectivity index (χ3v) is 4.07. The van der Waals surface area contributed by atoms with Crippen molar-refractivity contribution < 1.29 is 5.11 Å². The van der Waals surface area contributed by atoms with Crippen LogP contribution in [-0.4, -0.2) is 48.3 Å². The Morgan fingerprint density at radius 1 is 1.25 bits per heavy atom. The van der Waals surface area contributed by atoms with Crippen molar-refractivity contribution in [1.29, 1.82) is 0 Å². The minimum atomic E-state index is 0.258. The highest BCUT2D eigenvalue weighted by Gasteiger charge is 2.30. The predicted molar refractivity (Wildman–Crippen MR) is 66.5 cm³/mol. The Bertz CT molecular complexity index is 204. The molecule has 2 fully saturated rings. The van der Waals surface area contributed by atoms with Gasteiger partial charge >= 0.3 is 0 Å². The van der Waals surface area contributed by atoms with Gasteiger partial charge in [0.2, 0.25) is 0 Å². The molecule has 0 amide bonds. The van der Waals surface area contributed by atoms with Crippen LogP contribution in [0.15, 0.2) is 0 Å². The van der Waals surface area contributed by atoms with E-state index in [9.17, 15) is 0 Å². The molecule has 3 nitrogen and oxygen atoms in total. The SMILES string of the molecule is CC1CC(NCCO)CN(C2CCCC2)C1. The van der Waals surface area contributed by atoms with Crippen molar-refractivity contribution in [3.05, 3.63) is 0 Å². The lowest BCUT2D eigenvalue weighted by Crippen LogP contribution is -2.52. The molecule has 2 rings (SSSR count). The zero-order valence-electron chi connectivity index (χ0n) is 10.5. The van der Waals surface area contributed by atoms with Crippen LogP contribution in [0.5, 0.6) is 0 Å². The van der Waals surface area contributed by atoms with E-state index in [1.54, 1.807) is 0 Å². The van der Waals surface area contributed by atoms with Crippen molar-refractivity contribution in [1.82, 2.24) is 10.2 Å². The van der Waals surface area contributed by atoms with Crippen LogP contribution >= 0.6 is 0 Å². The van der Waals surface area contributed by atoms with Gasteiger partial charge in [0.1, 0.15) is 0 Å². The molecule has 0 aromatic rings. The van der Waals surface area contributed by atoms with Crippen molar-refractivity contribution in [3.63, 3.8) is 0 Å². The zero-order valence-corrected chi connectivity index (χ0v) is 10.5. The molecular weight excluding hydrogens is 200 g/mol. The molecule has 1 saturated heterocycles. The second kappa shape index (κ2) is 5.99. The van der Waals surface area contributed by atoms with Crippen LogP contribution in [0.1, 0.15) is 39.0 Å². The van der Waals surface area contributed by atoms with Crippen LogP contribution in [-0.2, 0) is 0 Å². The smallest absolute Gasteiger partial charge is 0.0556 e. The molecule has 0 bridgehead atoms. The summed E-state index contributed by atoms with van der Waals surface area (Å²) in [6, 6.07) is 1.44. The number of likely N-dealkylation sites (tertiary alicyclic amines) is 1. The summed E-state index contributed by atoms with van der Waals surface area (Å²) in [4.78, 5) is 2.69. The molecule has 94 valence electrons. The molecule has 0 aromatic heterocycles. The standard InChI is InChI=1S/C13H26N2O/c1-11-8-12(14-6-7-16)10-15(9-11)13-4-2-3-5-13/h11-14,16H,2-10H2,1H3. The van der Waals surface area contributed by atoms with Crippen LogP contribution in [0.25, 0.3) is 0 Å². The highest BCUT2D eigenvalue weighted by Crippen LogP contribution is 2.27. The second-order valence-corrected chi connectivity index (χ2v) is 5.61.